The zero-order chi connectivity index (χ0) is 15.0. The minimum atomic E-state index is -4.17. The van der Waals surface area contributed by atoms with Crippen LogP contribution in [0.5, 0.6) is 0 Å². The molecule has 7 heteroatoms. The summed E-state index contributed by atoms with van der Waals surface area (Å²) >= 11 is 0. The molecule has 1 aromatic heterocycles. The Morgan fingerprint density at radius 3 is 2.57 bits per heavy atom. The third kappa shape index (κ3) is 2.78. The molecule has 0 spiro atoms. The third-order valence-corrected chi connectivity index (χ3v) is 3.78. The van der Waals surface area contributed by atoms with Gasteiger partial charge in [-0.05, 0) is 12.0 Å². The van der Waals surface area contributed by atoms with Gasteiger partial charge in [-0.3, -0.25) is 0 Å². The van der Waals surface area contributed by atoms with Gasteiger partial charge >= 0.3 is 6.18 Å². The number of nitrogens with two attached hydrogens (primary N) is 1. The fourth-order valence-corrected chi connectivity index (χ4v) is 2.50. The van der Waals surface area contributed by atoms with E-state index in [1.54, 1.807) is 4.68 Å². The van der Waals surface area contributed by atoms with E-state index >= 15 is 0 Å². The lowest BCUT2D eigenvalue weighted by Crippen LogP contribution is -2.31. The largest absolute Gasteiger partial charge is 0.392 e. The van der Waals surface area contributed by atoms with Crippen LogP contribution in [0.4, 0.5) is 13.2 Å². The molecule has 0 bridgehead atoms. The lowest BCUT2D eigenvalue weighted by Gasteiger charge is -2.24. The van der Waals surface area contributed by atoms with Gasteiger partial charge in [0, 0.05) is 25.1 Å². The monoisotopic (exact) mass is 296 g/mol. The second kappa shape index (κ2) is 5.14. The van der Waals surface area contributed by atoms with Crippen LogP contribution in [-0.4, -0.2) is 20.9 Å². The van der Waals surface area contributed by atoms with Gasteiger partial charge in [0.2, 0.25) is 0 Å². The molecule has 1 atom stereocenters. The molecule has 4 nitrogen and oxygen atoms in total. The highest BCUT2D eigenvalue weighted by Crippen LogP contribution is 2.34. The highest BCUT2D eigenvalue weighted by atomic mass is 19.4. The molecule has 112 valence electrons. The summed E-state index contributed by atoms with van der Waals surface area (Å²) in [7, 11) is 0. The molecule has 2 heterocycles. The minimum absolute atomic E-state index is 0.0609. The molecule has 0 aliphatic carbocycles. The molecule has 1 unspecified atom stereocenters. The molecule has 3 rings (SSSR count). The van der Waals surface area contributed by atoms with Crippen molar-refractivity contribution in [2.24, 2.45) is 11.7 Å². The van der Waals surface area contributed by atoms with E-state index < -0.39 is 12.1 Å². The van der Waals surface area contributed by atoms with Crippen LogP contribution in [0.15, 0.2) is 24.3 Å². The Hall–Kier alpha value is -1.89. The summed E-state index contributed by atoms with van der Waals surface area (Å²) in [5, 5.41) is 4.30. The molecule has 1 aromatic carbocycles. The van der Waals surface area contributed by atoms with E-state index in [1.165, 1.54) is 0 Å². The first kappa shape index (κ1) is 14.1. The maximum Gasteiger partial charge on any atom is 0.392 e. The van der Waals surface area contributed by atoms with E-state index in [0.717, 1.165) is 11.1 Å². The quantitative estimate of drug-likeness (QED) is 0.926. The predicted molar refractivity (Wildman–Crippen MR) is 71.2 cm³/mol. The lowest BCUT2D eigenvalue weighted by molar-refractivity contribution is -0.179. The summed E-state index contributed by atoms with van der Waals surface area (Å²) in [6.45, 7) is 0.702. The number of hydrogen-bond donors (Lipinski definition) is 1. The van der Waals surface area contributed by atoms with Gasteiger partial charge in [0.15, 0.2) is 5.82 Å². The lowest BCUT2D eigenvalue weighted by atomic mass is 9.98. The fraction of sp³-hybridized carbons (Fsp3) is 0.429. The van der Waals surface area contributed by atoms with E-state index in [0.29, 0.717) is 18.2 Å². The van der Waals surface area contributed by atoms with Crippen molar-refractivity contribution in [2.45, 2.75) is 32.1 Å². The molecule has 0 saturated carbocycles. The van der Waals surface area contributed by atoms with E-state index in [2.05, 4.69) is 10.1 Å². The summed E-state index contributed by atoms with van der Waals surface area (Å²) in [6, 6.07) is 7.41. The number of nitrogens with zero attached hydrogens (tertiary/aromatic N) is 3. The average Bonchev–Trinajstić information content (AvgIpc) is 2.89. The maximum atomic E-state index is 12.8. The summed E-state index contributed by atoms with van der Waals surface area (Å²) < 4.78 is 39.9. The number of rotatable bonds is 2. The summed E-state index contributed by atoms with van der Waals surface area (Å²) in [5.41, 5.74) is 7.31. The molecule has 0 fully saturated rings. The number of benzene rings is 1. The zero-order valence-electron chi connectivity index (χ0n) is 11.3. The van der Waals surface area contributed by atoms with Crippen molar-refractivity contribution < 1.29 is 13.2 Å². The van der Waals surface area contributed by atoms with Crippen LogP contribution in [-0.2, 0) is 19.5 Å². The van der Waals surface area contributed by atoms with Gasteiger partial charge in [-0.25, -0.2) is 9.67 Å². The fourth-order valence-electron chi connectivity index (χ4n) is 2.50. The molecule has 1 aliphatic rings. The van der Waals surface area contributed by atoms with Gasteiger partial charge in [-0.2, -0.15) is 18.3 Å². The van der Waals surface area contributed by atoms with Crippen molar-refractivity contribution in [1.82, 2.24) is 14.8 Å². The highest BCUT2D eigenvalue weighted by Gasteiger charge is 2.42. The summed E-state index contributed by atoms with van der Waals surface area (Å²) in [5.74, 6) is -0.445. The maximum absolute atomic E-state index is 12.8. The molecule has 2 N–H and O–H groups in total. The standard InChI is InChI=1S/C14H15F3N4/c15-14(16,17)11-5-6-21-12(7-11)19-13(20-21)10-3-1-9(8-18)2-4-10/h1-4,11H,5-8,18H2. The minimum Gasteiger partial charge on any atom is -0.326 e. The predicted octanol–water partition coefficient (Wildman–Crippen LogP) is 2.53. The van der Waals surface area contributed by atoms with Crippen LogP contribution in [0.2, 0.25) is 0 Å². The van der Waals surface area contributed by atoms with Crippen LogP contribution in [0.25, 0.3) is 11.4 Å². The molecular weight excluding hydrogens is 281 g/mol. The van der Waals surface area contributed by atoms with Gasteiger partial charge in [0.05, 0.1) is 5.92 Å². The molecule has 0 amide bonds. The Bertz CT molecular complexity index is 631. The van der Waals surface area contributed by atoms with Crippen LogP contribution in [0.1, 0.15) is 17.8 Å². The van der Waals surface area contributed by atoms with Crippen molar-refractivity contribution in [1.29, 1.82) is 0 Å². The first-order valence-electron chi connectivity index (χ1n) is 6.77. The van der Waals surface area contributed by atoms with E-state index in [9.17, 15) is 13.2 Å². The first-order valence-corrected chi connectivity index (χ1v) is 6.77. The number of halogens is 3. The van der Waals surface area contributed by atoms with Crippen LogP contribution in [0, 0.1) is 5.92 Å². The van der Waals surface area contributed by atoms with Crippen molar-refractivity contribution in [2.75, 3.05) is 0 Å². The Kier molecular flexibility index (Phi) is 3.44. The smallest absolute Gasteiger partial charge is 0.326 e. The molecule has 2 aromatic rings. The zero-order valence-corrected chi connectivity index (χ0v) is 11.3. The Labute approximate surface area is 119 Å². The Morgan fingerprint density at radius 1 is 1.24 bits per heavy atom. The highest BCUT2D eigenvalue weighted by molar-refractivity contribution is 5.55. The van der Waals surface area contributed by atoms with Crippen molar-refractivity contribution in [3.8, 4) is 11.4 Å². The third-order valence-electron chi connectivity index (χ3n) is 3.78. The number of hydrogen-bond acceptors (Lipinski definition) is 3. The van der Waals surface area contributed by atoms with E-state index in [4.69, 9.17) is 5.73 Å². The normalized spacial score (nSPS) is 18.6. The van der Waals surface area contributed by atoms with Crippen LogP contribution < -0.4 is 5.73 Å². The van der Waals surface area contributed by atoms with Crippen LogP contribution >= 0.6 is 0 Å². The van der Waals surface area contributed by atoms with Gasteiger partial charge in [0.25, 0.3) is 0 Å². The van der Waals surface area contributed by atoms with E-state index in [-0.39, 0.29) is 19.4 Å². The van der Waals surface area contributed by atoms with Gasteiger partial charge in [-0.15, -0.1) is 0 Å². The van der Waals surface area contributed by atoms with Crippen LogP contribution in [0.3, 0.4) is 0 Å². The number of aromatic nitrogens is 3. The number of alkyl halides is 3. The van der Waals surface area contributed by atoms with Gasteiger partial charge in [-0.1, -0.05) is 24.3 Å². The number of fused-ring (bicyclic) bond motifs is 1. The van der Waals surface area contributed by atoms with Crippen molar-refractivity contribution >= 4 is 0 Å². The molecular formula is C14H15F3N4. The van der Waals surface area contributed by atoms with Gasteiger partial charge in [0.1, 0.15) is 5.82 Å². The average molecular weight is 296 g/mol. The summed E-state index contributed by atoms with van der Waals surface area (Å²) in [6.07, 6.45) is -4.21. The van der Waals surface area contributed by atoms with Gasteiger partial charge < -0.3 is 5.73 Å². The molecule has 1 aliphatic heterocycles. The number of aryl methyl sites for hydroxylation is 1. The Balaban J connectivity index is 1.86. The summed E-state index contributed by atoms with van der Waals surface area (Å²) in [4.78, 5) is 4.26. The molecule has 0 saturated heterocycles. The van der Waals surface area contributed by atoms with Crippen molar-refractivity contribution in [3.63, 3.8) is 0 Å². The van der Waals surface area contributed by atoms with Crippen molar-refractivity contribution in [3.05, 3.63) is 35.7 Å². The topological polar surface area (TPSA) is 56.7 Å². The second-order valence-corrected chi connectivity index (χ2v) is 5.21. The van der Waals surface area contributed by atoms with E-state index in [1.807, 2.05) is 24.3 Å². The SMILES string of the molecule is NCc1ccc(-c2nc3n(n2)CCC(C(F)(F)F)C3)cc1. The Morgan fingerprint density at radius 2 is 1.95 bits per heavy atom. The second-order valence-electron chi connectivity index (χ2n) is 5.21. The molecule has 0 radical (unpaired) electrons. The molecule has 21 heavy (non-hydrogen) atoms. The first-order chi connectivity index (χ1) is 9.97.